The highest BCUT2D eigenvalue weighted by Gasteiger charge is 2.22. The summed E-state index contributed by atoms with van der Waals surface area (Å²) in [5.41, 5.74) is 3.60. The first-order valence-electron chi connectivity index (χ1n) is 8.70. The second kappa shape index (κ2) is 6.79. The van der Waals surface area contributed by atoms with Crippen LogP contribution in [0.5, 0.6) is 5.75 Å². The molecule has 0 bridgehead atoms. The smallest absolute Gasteiger partial charge is 0.173 e. The molecule has 0 radical (unpaired) electrons. The number of ether oxygens (including phenoxy) is 1. The zero-order valence-corrected chi connectivity index (χ0v) is 16.2. The number of para-hydroxylation sites is 1. The lowest BCUT2D eigenvalue weighted by molar-refractivity contribution is 0.326. The van der Waals surface area contributed by atoms with Crippen molar-refractivity contribution in [3.8, 4) is 38.6 Å². The summed E-state index contributed by atoms with van der Waals surface area (Å²) in [6, 6.07) is 17.5. The van der Waals surface area contributed by atoms with Crippen molar-refractivity contribution in [2.24, 2.45) is 0 Å². The summed E-state index contributed by atoms with van der Waals surface area (Å²) in [6.45, 7) is 0.572. The quantitative estimate of drug-likeness (QED) is 0.465. The molecule has 136 valence electrons. The van der Waals surface area contributed by atoms with E-state index < -0.39 is 0 Å². The Kier molecular flexibility index (Phi) is 4.12. The lowest BCUT2D eigenvalue weighted by Crippen LogP contribution is -2.00. The predicted molar refractivity (Wildman–Crippen MR) is 109 cm³/mol. The van der Waals surface area contributed by atoms with Crippen molar-refractivity contribution in [3.63, 3.8) is 0 Å². The fraction of sp³-hybridized carbons (Fsp3) is 0.0952. The third-order valence-electron chi connectivity index (χ3n) is 4.64. The fourth-order valence-electron chi connectivity index (χ4n) is 3.33. The maximum absolute atomic E-state index is 9.16. The molecule has 2 aromatic carbocycles. The van der Waals surface area contributed by atoms with E-state index in [4.69, 9.17) is 21.6 Å². The van der Waals surface area contributed by atoms with E-state index in [9.17, 15) is 0 Å². The molecule has 0 unspecified atom stereocenters. The Bertz CT molecular complexity index is 1240. The molecule has 3 heterocycles. The summed E-state index contributed by atoms with van der Waals surface area (Å²) < 4.78 is 7.64. The van der Waals surface area contributed by atoms with Crippen molar-refractivity contribution in [3.05, 3.63) is 71.0 Å². The summed E-state index contributed by atoms with van der Waals surface area (Å²) in [5.74, 6) is 1.50. The molecule has 0 atom stereocenters. The van der Waals surface area contributed by atoms with Crippen molar-refractivity contribution >= 4 is 22.9 Å². The molecule has 0 saturated carbocycles. The van der Waals surface area contributed by atoms with Gasteiger partial charge in [0.1, 0.15) is 12.1 Å². The number of rotatable bonds is 2. The maximum Gasteiger partial charge on any atom is 0.173 e. The van der Waals surface area contributed by atoms with Crippen LogP contribution in [0.25, 0.3) is 26.8 Å². The summed E-state index contributed by atoms with van der Waals surface area (Å²) in [4.78, 5) is 6.64. The average molecular weight is 405 g/mol. The number of hydrogen-bond donors (Lipinski definition) is 0. The van der Waals surface area contributed by atoms with Crippen LogP contribution in [-0.4, -0.2) is 21.4 Å². The highest BCUT2D eigenvalue weighted by atomic mass is 35.5. The lowest BCUT2D eigenvalue weighted by Gasteiger charge is -2.08. The van der Waals surface area contributed by atoms with Gasteiger partial charge in [-0.3, -0.25) is 0 Å². The molecule has 5 rings (SSSR count). The second-order valence-electron chi connectivity index (χ2n) is 6.33. The van der Waals surface area contributed by atoms with Gasteiger partial charge in [-0.15, -0.1) is 11.3 Å². The van der Waals surface area contributed by atoms with E-state index in [1.165, 1.54) is 5.56 Å². The molecule has 0 saturated heterocycles. The molecule has 0 spiro atoms. The van der Waals surface area contributed by atoms with Crippen LogP contribution >= 0.6 is 22.9 Å². The highest BCUT2D eigenvalue weighted by Crippen LogP contribution is 2.44. The number of thiophene rings is 1. The number of hydrogen-bond acceptors (Lipinski definition) is 5. The summed E-state index contributed by atoms with van der Waals surface area (Å²) in [6.07, 6.45) is 2.34. The standard InChI is InChI=1S/C21H13ClN4OS/c22-16-3-1-2-4-17(16)26-21(24-12-25-26)19-10-14-7-8-27-18-9-13(11-23)5-6-15(18)20(14)28-19/h1-6,9-10,12H,7-8H2. The van der Waals surface area contributed by atoms with Crippen LogP contribution in [0, 0.1) is 11.3 Å². The van der Waals surface area contributed by atoms with Crippen molar-refractivity contribution in [2.75, 3.05) is 6.61 Å². The van der Waals surface area contributed by atoms with E-state index >= 15 is 0 Å². The third-order valence-corrected chi connectivity index (χ3v) is 6.17. The Morgan fingerprint density at radius 2 is 2.07 bits per heavy atom. The summed E-state index contributed by atoms with van der Waals surface area (Å²) in [5, 5.41) is 14.2. The topological polar surface area (TPSA) is 63.7 Å². The molecule has 4 aromatic rings. The highest BCUT2D eigenvalue weighted by molar-refractivity contribution is 7.19. The van der Waals surface area contributed by atoms with Gasteiger partial charge in [-0.05, 0) is 42.0 Å². The SMILES string of the molecule is N#Cc1ccc2c(c1)OCCc1cc(-c3ncnn3-c3ccccc3Cl)sc1-2. The van der Waals surface area contributed by atoms with E-state index in [2.05, 4.69) is 22.2 Å². The van der Waals surface area contributed by atoms with Gasteiger partial charge in [0.05, 0.1) is 33.8 Å². The van der Waals surface area contributed by atoms with Gasteiger partial charge in [0, 0.05) is 16.9 Å². The van der Waals surface area contributed by atoms with Crippen LogP contribution < -0.4 is 4.74 Å². The van der Waals surface area contributed by atoms with Gasteiger partial charge < -0.3 is 4.74 Å². The van der Waals surface area contributed by atoms with Gasteiger partial charge in [-0.2, -0.15) is 10.4 Å². The minimum atomic E-state index is 0.572. The minimum Gasteiger partial charge on any atom is -0.493 e. The molecule has 0 N–H and O–H groups in total. The number of nitrogens with zero attached hydrogens (tertiary/aromatic N) is 4. The normalized spacial score (nSPS) is 12.4. The Balaban J connectivity index is 1.64. The lowest BCUT2D eigenvalue weighted by atomic mass is 10.1. The van der Waals surface area contributed by atoms with Crippen LogP contribution in [-0.2, 0) is 6.42 Å². The molecule has 28 heavy (non-hydrogen) atoms. The first kappa shape index (κ1) is 17.0. The van der Waals surface area contributed by atoms with Crippen molar-refractivity contribution < 1.29 is 4.74 Å². The van der Waals surface area contributed by atoms with Gasteiger partial charge >= 0.3 is 0 Å². The molecule has 1 aliphatic heterocycles. The van der Waals surface area contributed by atoms with Gasteiger partial charge in [-0.25, -0.2) is 9.67 Å². The van der Waals surface area contributed by atoms with Crippen LogP contribution in [0.1, 0.15) is 11.1 Å². The molecular formula is C21H13ClN4OS. The van der Waals surface area contributed by atoms with Gasteiger partial charge in [0.25, 0.3) is 0 Å². The Labute approximate surface area is 170 Å². The van der Waals surface area contributed by atoms with E-state index in [-0.39, 0.29) is 0 Å². The predicted octanol–water partition coefficient (Wildman–Crippen LogP) is 5.12. The Hall–Kier alpha value is -3.14. The number of halogens is 1. The van der Waals surface area contributed by atoms with Crippen molar-refractivity contribution in [2.45, 2.75) is 6.42 Å². The monoisotopic (exact) mass is 404 g/mol. The number of aromatic nitrogens is 3. The Morgan fingerprint density at radius 1 is 1.18 bits per heavy atom. The largest absolute Gasteiger partial charge is 0.493 e. The van der Waals surface area contributed by atoms with Crippen LogP contribution in [0.3, 0.4) is 0 Å². The number of benzene rings is 2. The van der Waals surface area contributed by atoms with Gasteiger partial charge in [0.15, 0.2) is 5.82 Å². The molecule has 2 aromatic heterocycles. The first-order chi connectivity index (χ1) is 13.7. The first-order valence-corrected chi connectivity index (χ1v) is 9.89. The zero-order valence-electron chi connectivity index (χ0n) is 14.6. The summed E-state index contributed by atoms with van der Waals surface area (Å²) >= 11 is 8.01. The minimum absolute atomic E-state index is 0.572. The number of fused-ring (bicyclic) bond motifs is 3. The van der Waals surface area contributed by atoms with Crippen molar-refractivity contribution in [1.29, 1.82) is 5.26 Å². The second-order valence-corrected chi connectivity index (χ2v) is 7.79. The van der Waals surface area contributed by atoms with E-state index in [1.807, 2.05) is 36.4 Å². The molecule has 0 aliphatic carbocycles. The van der Waals surface area contributed by atoms with Crippen LogP contribution in [0.2, 0.25) is 5.02 Å². The van der Waals surface area contributed by atoms with Gasteiger partial charge in [-0.1, -0.05) is 23.7 Å². The third kappa shape index (κ3) is 2.76. The number of nitriles is 1. The molecule has 1 aliphatic rings. The molecule has 5 nitrogen and oxygen atoms in total. The van der Waals surface area contributed by atoms with Crippen molar-refractivity contribution in [1.82, 2.24) is 14.8 Å². The molecular weight excluding hydrogens is 392 g/mol. The molecule has 0 amide bonds. The van der Waals surface area contributed by atoms with Gasteiger partial charge in [0.2, 0.25) is 0 Å². The zero-order chi connectivity index (χ0) is 19.1. The molecule has 0 fully saturated rings. The molecule has 7 heteroatoms. The van der Waals surface area contributed by atoms with Crippen LogP contribution in [0.4, 0.5) is 0 Å². The summed E-state index contributed by atoms with van der Waals surface area (Å²) in [7, 11) is 0. The van der Waals surface area contributed by atoms with E-state index in [1.54, 1.807) is 28.4 Å². The van der Waals surface area contributed by atoms with E-state index in [0.717, 1.165) is 39.0 Å². The fourth-order valence-corrected chi connectivity index (χ4v) is 4.77. The Morgan fingerprint density at radius 3 is 2.93 bits per heavy atom. The van der Waals surface area contributed by atoms with E-state index in [0.29, 0.717) is 17.2 Å². The van der Waals surface area contributed by atoms with Crippen LogP contribution in [0.15, 0.2) is 54.9 Å². The maximum atomic E-state index is 9.16. The average Bonchev–Trinajstić information content (AvgIpc) is 3.32.